The van der Waals surface area contributed by atoms with E-state index >= 15 is 0 Å². The molecule has 0 bridgehead atoms. The van der Waals surface area contributed by atoms with Gasteiger partial charge in [-0.15, -0.1) is 0 Å². The number of nitrogens with zero attached hydrogens (tertiary/aromatic N) is 1. The fourth-order valence-electron chi connectivity index (χ4n) is 1.40. The van der Waals surface area contributed by atoms with Gasteiger partial charge in [0, 0.05) is 12.7 Å². The number of carboxylic acid groups (broad SMARTS) is 1. The number of para-hydroxylation sites is 1. The van der Waals surface area contributed by atoms with Gasteiger partial charge in [-0.2, -0.15) is 0 Å². The topological polar surface area (TPSA) is 40.5 Å². The van der Waals surface area contributed by atoms with Gasteiger partial charge in [0.2, 0.25) is 0 Å². The summed E-state index contributed by atoms with van der Waals surface area (Å²) in [4.78, 5) is 11.6. The zero-order valence-electron chi connectivity index (χ0n) is 8.86. The van der Waals surface area contributed by atoms with Crippen molar-refractivity contribution in [3.05, 3.63) is 30.3 Å². The summed E-state index contributed by atoms with van der Waals surface area (Å²) in [7, 11) is 1.51. The molecular formula is C11H13F2NO2. The van der Waals surface area contributed by atoms with Crippen LogP contribution in [-0.4, -0.2) is 30.6 Å². The number of halogens is 2. The second-order valence-electron chi connectivity index (χ2n) is 3.62. The number of hydrogen-bond donors (Lipinski definition) is 1. The van der Waals surface area contributed by atoms with Crippen molar-refractivity contribution in [1.82, 2.24) is 0 Å². The minimum absolute atomic E-state index is 0.608. The Morgan fingerprint density at radius 3 is 2.44 bits per heavy atom. The second kappa shape index (κ2) is 4.92. The van der Waals surface area contributed by atoms with E-state index in [9.17, 15) is 13.6 Å². The molecule has 0 fully saturated rings. The SMILES string of the molecule is CN(CC(F)(F)CC(=O)O)c1ccccc1. The Morgan fingerprint density at radius 1 is 1.38 bits per heavy atom. The third-order valence-electron chi connectivity index (χ3n) is 2.08. The molecule has 0 spiro atoms. The Labute approximate surface area is 92.3 Å². The fourth-order valence-corrected chi connectivity index (χ4v) is 1.40. The molecule has 1 aromatic carbocycles. The Morgan fingerprint density at radius 2 is 1.94 bits per heavy atom. The molecule has 1 rings (SSSR count). The van der Waals surface area contributed by atoms with Crippen molar-refractivity contribution in [2.24, 2.45) is 0 Å². The molecule has 0 aromatic heterocycles. The number of hydrogen-bond acceptors (Lipinski definition) is 2. The van der Waals surface area contributed by atoms with E-state index in [2.05, 4.69) is 0 Å². The molecule has 5 heteroatoms. The zero-order chi connectivity index (χ0) is 12.2. The van der Waals surface area contributed by atoms with Crippen LogP contribution in [0.1, 0.15) is 6.42 Å². The summed E-state index contributed by atoms with van der Waals surface area (Å²) in [5, 5.41) is 8.33. The molecule has 1 N–H and O–H groups in total. The van der Waals surface area contributed by atoms with Gasteiger partial charge in [0.15, 0.2) is 0 Å². The van der Waals surface area contributed by atoms with Gasteiger partial charge in [-0.05, 0) is 12.1 Å². The summed E-state index contributed by atoms with van der Waals surface area (Å²) in [5.74, 6) is -4.72. The maximum absolute atomic E-state index is 13.2. The minimum atomic E-state index is -3.23. The van der Waals surface area contributed by atoms with Crippen LogP contribution < -0.4 is 4.90 Å². The number of rotatable bonds is 5. The van der Waals surface area contributed by atoms with E-state index < -0.39 is 24.9 Å². The van der Waals surface area contributed by atoms with Gasteiger partial charge in [0.25, 0.3) is 5.92 Å². The fraction of sp³-hybridized carbons (Fsp3) is 0.364. The molecular weight excluding hydrogens is 216 g/mol. The lowest BCUT2D eigenvalue weighted by atomic mass is 10.2. The van der Waals surface area contributed by atoms with Crippen LogP contribution in [0.15, 0.2) is 30.3 Å². The highest BCUT2D eigenvalue weighted by Gasteiger charge is 2.33. The van der Waals surface area contributed by atoms with Gasteiger partial charge < -0.3 is 10.0 Å². The molecule has 0 aliphatic rings. The average Bonchev–Trinajstić information content (AvgIpc) is 2.16. The lowest BCUT2D eigenvalue weighted by Crippen LogP contribution is -2.36. The van der Waals surface area contributed by atoms with Gasteiger partial charge in [-0.3, -0.25) is 4.79 Å². The summed E-state index contributed by atoms with van der Waals surface area (Å²) in [6, 6.07) is 8.64. The molecule has 0 aliphatic carbocycles. The Bertz CT molecular complexity index is 354. The van der Waals surface area contributed by atoms with Gasteiger partial charge in [0.05, 0.1) is 6.54 Å². The molecule has 0 radical (unpaired) electrons. The van der Waals surface area contributed by atoms with E-state index in [0.717, 1.165) is 0 Å². The standard InChI is InChI=1S/C11H13F2NO2/c1-14(9-5-3-2-4-6-9)8-11(12,13)7-10(15)16/h2-6H,7-8H2,1H3,(H,15,16). The average molecular weight is 229 g/mol. The molecule has 88 valence electrons. The molecule has 1 aromatic rings. The van der Waals surface area contributed by atoms with E-state index in [4.69, 9.17) is 5.11 Å². The monoisotopic (exact) mass is 229 g/mol. The van der Waals surface area contributed by atoms with Gasteiger partial charge in [-0.1, -0.05) is 18.2 Å². The van der Waals surface area contributed by atoms with Crippen LogP contribution in [0, 0.1) is 0 Å². The highest BCUT2D eigenvalue weighted by Crippen LogP contribution is 2.22. The number of carboxylic acids is 1. The number of aliphatic carboxylic acids is 1. The first-order valence-electron chi connectivity index (χ1n) is 4.76. The third kappa shape index (κ3) is 3.84. The maximum Gasteiger partial charge on any atom is 0.309 e. The van der Waals surface area contributed by atoms with Crippen molar-refractivity contribution in [2.45, 2.75) is 12.3 Å². The molecule has 0 saturated heterocycles. The van der Waals surface area contributed by atoms with Gasteiger partial charge in [0.1, 0.15) is 6.42 Å². The van der Waals surface area contributed by atoms with Crippen molar-refractivity contribution in [3.8, 4) is 0 Å². The van der Waals surface area contributed by atoms with E-state index in [1.54, 1.807) is 30.3 Å². The second-order valence-corrected chi connectivity index (χ2v) is 3.62. The normalized spacial score (nSPS) is 11.2. The maximum atomic E-state index is 13.2. The number of anilines is 1. The lowest BCUT2D eigenvalue weighted by molar-refractivity contribution is -0.144. The lowest BCUT2D eigenvalue weighted by Gasteiger charge is -2.24. The van der Waals surface area contributed by atoms with Crippen molar-refractivity contribution >= 4 is 11.7 Å². The van der Waals surface area contributed by atoms with E-state index in [-0.39, 0.29) is 0 Å². The van der Waals surface area contributed by atoms with E-state index in [1.807, 2.05) is 0 Å². The van der Waals surface area contributed by atoms with E-state index in [1.165, 1.54) is 11.9 Å². The van der Waals surface area contributed by atoms with Crippen LogP contribution in [0.4, 0.5) is 14.5 Å². The summed E-state index contributed by atoms with van der Waals surface area (Å²) in [6.07, 6.45) is -1.15. The van der Waals surface area contributed by atoms with Crippen molar-refractivity contribution in [2.75, 3.05) is 18.5 Å². The van der Waals surface area contributed by atoms with E-state index in [0.29, 0.717) is 5.69 Å². The van der Waals surface area contributed by atoms with Gasteiger partial charge in [-0.25, -0.2) is 8.78 Å². The quantitative estimate of drug-likeness (QED) is 0.841. The molecule has 0 atom stereocenters. The molecule has 0 amide bonds. The first-order valence-corrected chi connectivity index (χ1v) is 4.76. The van der Waals surface area contributed by atoms with Crippen molar-refractivity contribution in [1.29, 1.82) is 0 Å². The predicted molar refractivity (Wildman–Crippen MR) is 56.9 cm³/mol. The highest BCUT2D eigenvalue weighted by molar-refractivity contribution is 5.68. The summed E-state index contributed by atoms with van der Waals surface area (Å²) in [6.45, 7) is -0.608. The first-order chi connectivity index (χ1) is 7.41. The summed E-state index contributed by atoms with van der Waals surface area (Å²) >= 11 is 0. The number of alkyl halides is 2. The predicted octanol–water partition coefficient (Wildman–Crippen LogP) is 2.23. The smallest absolute Gasteiger partial charge is 0.309 e. The Hall–Kier alpha value is -1.65. The largest absolute Gasteiger partial charge is 0.481 e. The molecule has 16 heavy (non-hydrogen) atoms. The highest BCUT2D eigenvalue weighted by atomic mass is 19.3. The van der Waals surface area contributed by atoms with Crippen LogP contribution in [0.25, 0.3) is 0 Å². The first kappa shape index (κ1) is 12.4. The molecule has 0 saturated carbocycles. The molecule has 3 nitrogen and oxygen atoms in total. The molecule has 0 unspecified atom stereocenters. The van der Waals surface area contributed by atoms with Crippen LogP contribution in [0.3, 0.4) is 0 Å². The van der Waals surface area contributed by atoms with Crippen LogP contribution in [-0.2, 0) is 4.79 Å². The zero-order valence-corrected chi connectivity index (χ0v) is 8.86. The molecule has 0 heterocycles. The Balaban J connectivity index is 2.64. The number of carbonyl (C=O) groups is 1. The Kier molecular flexibility index (Phi) is 3.82. The van der Waals surface area contributed by atoms with Crippen molar-refractivity contribution < 1.29 is 18.7 Å². The van der Waals surface area contributed by atoms with Crippen molar-refractivity contribution in [3.63, 3.8) is 0 Å². The summed E-state index contributed by atoms with van der Waals surface area (Å²) in [5.41, 5.74) is 0.632. The third-order valence-corrected chi connectivity index (χ3v) is 2.08. The van der Waals surface area contributed by atoms with Crippen LogP contribution >= 0.6 is 0 Å². The van der Waals surface area contributed by atoms with Crippen LogP contribution in [0.2, 0.25) is 0 Å². The summed E-state index contributed by atoms with van der Waals surface area (Å²) < 4.78 is 26.4. The van der Waals surface area contributed by atoms with Crippen LogP contribution in [0.5, 0.6) is 0 Å². The van der Waals surface area contributed by atoms with Gasteiger partial charge >= 0.3 is 5.97 Å². The number of benzene rings is 1. The molecule has 0 aliphatic heterocycles. The minimum Gasteiger partial charge on any atom is -0.481 e.